The van der Waals surface area contributed by atoms with Gasteiger partial charge in [0.05, 0.1) is 16.5 Å². The maximum atomic E-state index is 13.2. The molecule has 1 aliphatic heterocycles. The molecule has 0 radical (unpaired) electrons. The van der Waals surface area contributed by atoms with Crippen LogP contribution in [0.5, 0.6) is 5.88 Å². The van der Waals surface area contributed by atoms with Crippen molar-refractivity contribution in [3.05, 3.63) is 83.3 Å². The van der Waals surface area contributed by atoms with Crippen LogP contribution in [-0.4, -0.2) is 47.6 Å². The van der Waals surface area contributed by atoms with Crippen molar-refractivity contribution >= 4 is 15.9 Å². The van der Waals surface area contributed by atoms with Crippen LogP contribution in [0.25, 0.3) is 0 Å². The van der Waals surface area contributed by atoms with Gasteiger partial charge in [-0.2, -0.15) is 0 Å². The highest BCUT2D eigenvalue weighted by Crippen LogP contribution is 2.39. The predicted molar refractivity (Wildman–Crippen MR) is 134 cm³/mol. The van der Waals surface area contributed by atoms with Crippen LogP contribution >= 0.6 is 0 Å². The summed E-state index contributed by atoms with van der Waals surface area (Å²) in [5.74, 6) is -0.205. The second-order valence-electron chi connectivity index (χ2n) is 9.23. The van der Waals surface area contributed by atoms with Crippen molar-refractivity contribution in [3.8, 4) is 5.88 Å². The van der Waals surface area contributed by atoms with Crippen molar-refractivity contribution < 1.29 is 23.1 Å². The van der Waals surface area contributed by atoms with Crippen LogP contribution in [0, 0.1) is 0 Å². The second kappa shape index (κ2) is 10.3. The number of fused-ring (bicyclic) bond motifs is 1. The first kappa shape index (κ1) is 25.7. The van der Waals surface area contributed by atoms with E-state index in [1.165, 1.54) is 24.4 Å². The van der Waals surface area contributed by atoms with Crippen LogP contribution in [0.1, 0.15) is 53.9 Å². The van der Waals surface area contributed by atoms with E-state index in [1.54, 1.807) is 38.4 Å². The van der Waals surface area contributed by atoms with Gasteiger partial charge in [0.2, 0.25) is 15.9 Å². The third-order valence-electron chi connectivity index (χ3n) is 6.24. The maximum absolute atomic E-state index is 13.2. The first-order valence-electron chi connectivity index (χ1n) is 11.8. The second-order valence-corrected chi connectivity index (χ2v) is 10.9. The lowest BCUT2D eigenvalue weighted by Gasteiger charge is -2.41. The number of aromatic nitrogens is 2. The molecule has 3 aromatic rings. The Balaban J connectivity index is 1.58. The molecule has 0 bridgehead atoms. The quantitative estimate of drug-likeness (QED) is 0.425. The van der Waals surface area contributed by atoms with E-state index in [0.29, 0.717) is 13.0 Å². The summed E-state index contributed by atoms with van der Waals surface area (Å²) in [4.78, 5) is 21.1. The Morgan fingerprint density at radius 3 is 2.47 bits per heavy atom. The number of aryl methyl sites for hydroxylation is 1. The van der Waals surface area contributed by atoms with Crippen LogP contribution in [0.3, 0.4) is 0 Å². The summed E-state index contributed by atoms with van der Waals surface area (Å²) in [5.41, 5.74) is 1.45. The molecule has 2 aromatic heterocycles. The lowest BCUT2D eigenvalue weighted by Crippen LogP contribution is -2.53. The number of aliphatic hydroxyl groups excluding tert-OH is 1. The normalized spacial score (nSPS) is 18.7. The van der Waals surface area contributed by atoms with Crippen molar-refractivity contribution in [1.82, 2.24) is 20.0 Å². The Kier molecular flexibility index (Phi) is 7.39. The fourth-order valence-corrected chi connectivity index (χ4v) is 5.24. The number of rotatable bonds is 8. The average Bonchev–Trinajstić information content (AvgIpc) is 2.87. The Bertz CT molecular complexity index is 1330. The van der Waals surface area contributed by atoms with Gasteiger partial charge in [0, 0.05) is 30.7 Å². The number of nitrogens with zero attached hydrogens (tertiary/aromatic N) is 2. The molecule has 1 amide bonds. The SMILES string of the molecule is CCc1ccc(S(=O)(=O)N[C@@H]2c3cc(C(=O)NCCc4ccncc4)cnc3OC(C)(C)[C@H]2O)cc1. The molecule has 190 valence electrons. The van der Waals surface area contributed by atoms with Gasteiger partial charge in [-0.1, -0.05) is 19.1 Å². The number of aliphatic hydroxyl groups is 1. The van der Waals surface area contributed by atoms with E-state index in [4.69, 9.17) is 4.74 Å². The fraction of sp³-hybridized carbons (Fsp3) is 0.346. The van der Waals surface area contributed by atoms with Gasteiger partial charge in [0.15, 0.2) is 0 Å². The molecule has 0 unspecified atom stereocenters. The Labute approximate surface area is 211 Å². The molecule has 0 fully saturated rings. The minimum Gasteiger partial charge on any atom is -0.469 e. The lowest BCUT2D eigenvalue weighted by molar-refractivity contribution is -0.0632. The minimum absolute atomic E-state index is 0.0794. The van der Waals surface area contributed by atoms with Crippen LogP contribution < -0.4 is 14.8 Å². The average molecular weight is 511 g/mol. The van der Waals surface area contributed by atoms with E-state index in [-0.39, 0.29) is 27.8 Å². The van der Waals surface area contributed by atoms with Gasteiger partial charge in [-0.3, -0.25) is 9.78 Å². The Hall–Kier alpha value is -3.34. The third kappa shape index (κ3) is 5.56. The van der Waals surface area contributed by atoms with Crippen LogP contribution in [0.15, 0.2) is 66.0 Å². The van der Waals surface area contributed by atoms with Crippen molar-refractivity contribution in [3.63, 3.8) is 0 Å². The number of pyridine rings is 2. The number of hydrogen-bond donors (Lipinski definition) is 3. The number of ether oxygens (including phenoxy) is 1. The minimum atomic E-state index is -3.99. The third-order valence-corrected chi connectivity index (χ3v) is 7.69. The molecule has 0 spiro atoms. The van der Waals surface area contributed by atoms with Gasteiger partial charge in [0.1, 0.15) is 11.7 Å². The fourth-order valence-electron chi connectivity index (χ4n) is 4.02. The molecule has 1 aromatic carbocycles. The van der Waals surface area contributed by atoms with Gasteiger partial charge in [-0.05, 0) is 68.1 Å². The highest BCUT2D eigenvalue weighted by molar-refractivity contribution is 7.89. The summed E-state index contributed by atoms with van der Waals surface area (Å²) < 4.78 is 34.8. The van der Waals surface area contributed by atoms with E-state index in [0.717, 1.165) is 17.5 Å². The summed E-state index contributed by atoms with van der Waals surface area (Å²) in [6.45, 7) is 5.69. The number of sulfonamides is 1. The summed E-state index contributed by atoms with van der Waals surface area (Å²) >= 11 is 0. The van der Waals surface area contributed by atoms with Crippen molar-refractivity contribution in [2.75, 3.05) is 6.54 Å². The van der Waals surface area contributed by atoms with Gasteiger partial charge in [0.25, 0.3) is 5.91 Å². The number of nitrogens with one attached hydrogen (secondary N) is 2. The smallest absolute Gasteiger partial charge is 0.252 e. The molecule has 3 heterocycles. The Morgan fingerprint density at radius 2 is 1.81 bits per heavy atom. The predicted octanol–water partition coefficient (Wildman–Crippen LogP) is 2.56. The van der Waals surface area contributed by atoms with Gasteiger partial charge in [-0.15, -0.1) is 0 Å². The van der Waals surface area contributed by atoms with Crippen molar-refractivity contribution in [2.45, 2.75) is 56.3 Å². The largest absolute Gasteiger partial charge is 0.469 e. The van der Waals surface area contributed by atoms with Gasteiger partial charge >= 0.3 is 0 Å². The molecule has 3 N–H and O–H groups in total. The van der Waals surface area contributed by atoms with Crippen molar-refractivity contribution in [2.24, 2.45) is 0 Å². The van der Waals surface area contributed by atoms with Gasteiger partial charge in [-0.25, -0.2) is 18.1 Å². The number of carbonyl (C=O) groups excluding carboxylic acids is 1. The molecule has 9 nitrogen and oxygen atoms in total. The first-order valence-corrected chi connectivity index (χ1v) is 13.2. The van der Waals surface area contributed by atoms with Crippen LogP contribution in [-0.2, 0) is 22.9 Å². The molecule has 0 aliphatic carbocycles. The molecular formula is C26H30N4O5S. The molecule has 4 rings (SSSR count). The van der Waals surface area contributed by atoms with E-state index >= 15 is 0 Å². The van der Waals surface area contributed by atoms with Crippen molar-refractivity contribution in [1.29, 1.82) is 0 Å². The van der Waals surface area contributed by atoms with E-state index in [1.807, 2.05) is 19.1 Å². The van der Waals surface area contributed by atoms with E-state index < -0.39 is 27.8 Å². The van der Waals surface area contributed by atoms with Crippen LogP contribution in [0.4, 0.5) is 0 Å². The lowest BCUT2D eigenvalue weighted by atomic mass is 9.88. The number of hydrogen-bond acceptors (Lipinski definition) is 7. The summed E-state index contributed by atoms with van der Waals surface area (Å²) in [6, 6.07) is 10.8. The summed E-state index contributed by atoms with van der Waals surface area (Å²) in [7, 11) is -3.99. The zero-order valence-electron chi connectivity index (χ0n) is 20.4. The highest BCUT2D eigenvalue weighted by Gasteiger charge is 2.45. The molecular weight excluding hydrogens is 480 g/mol. The first-order chi connectivity index (χ1) is 17.1. The molecule has 0 saturated carbocycles. The number of benzene rings is 1. The summed E-state index contributed by atoms with van der Waals surface area (Å²) in [6.07, 6.45) is 4.94. The zero-order chi connectivity index (χ0) is 25.9. The molecule has 2 atom stereocenters. The monoisotopic (exact) mass is 510 g/mol. The number of carbonyl (C=O) groups is 1. The summed E-state index contributed by atoms with van der Waals surface area (Å²) in [5, 5.41) is 13.9. The van der Waals surface area contributed by atoms with E-state index in [9.17, 15) is 18.3 Å². The topological polar surface area (TPSA) is 131 Å². The standard InChI is InChI=1S/C26H30N4O5S/c1-4-17-5-7-20(8-6-17)36(33,34)30-22-21-15-19(16-29-25(21)35-26(2,3)23(22)31)24(32)28-14-11-18-9-12-27-13-10-18/h5-10,12-13,15-16,22-23,30-31H,4,11,14H2,1-3H3,(H,28,32)/t22-,23+/m1/s1. The molecule has 10 heteroatoms. The maximum Gasteiger partial charge on any atom is 0.252 e. The molecule has 1 aliphatic rings. The van der Waals surface area contributed by atoms with Crippen LogP contribution in [0.2, 0.25) is 0 Å². The Morgan fingerprint density at radius 1 is 1.11 bits per heavy atom. The highest BCUT2D eigenvalue weighted by atomic mass is 32.2. The van der Waals surface area contributed by atoms with E-state index in [2.05, 4.69) is 20.0 Å². The molecule has 36 heavy (non-hydrogen) atoms. The number of amides is 1. The zero-order valence-corrected chi connectivity index (χ0v) is 21.2. The molecule has 0 saturated heterocycles. The van der Waals surface area contributed by atoms with Gasteiger partial charge < -0.3 is 15.2 Å².